The summed E-state index contributed by atoms with van der Waals surface area (Å²) in [6, 6.07) is 12.0. The first-order valence-corrected chi connectivity index (χ1v) is 9.34. The third kappa shape index (κ3) is 4.65. The van der Waals surface area contributed by atoms with E-state index < -0.39 is 21.8 Å². The van der Waals surface area contributed by atoms with Crippen molar-refractivity contribution in [2.24, 2.45) is 0 Å². The first-order chi connectivity index (χ1) is 11.7. The van der Waals surface area contributed by atoms with Gasteiger partial charge in [-0.05, 0) is 48.5 Å². The molecule has 0 aliphatic heterocycles. The van der Waals surface area contributed by atoms with Gasteiger partial charge >= 0.3 is 0 Å². The quantitative estimate of drug-likeness (QED) is 0.729. The van der Waals surface area contributed by atoms with Crippen LogP contribution >= 0.6 is 15.9 Å². The van der Waals surface area contributed by atoms with Crippen LogP contribution in [-0.4, -0.2) is 38.6 Å². The van der Waals surface area contributed by atoms with Gasteiger partial charge in [0.25, 0.3) is 11.8 Å². The van der Waals surface area contributed by atoms with Crippen LogP contribution in [0.25, 0.3) is 0 Å². The minimum Gasteiger partial charge on any atom is -0.267 e. The van der Waals surface area contributed by atoms with Crippen molar-refractivity contribution in [1.29, 1.82) is 0 Å². The Bertz CT molecular complexity index is 879. The molecule has 2 aromatic rings. The molecule has 0 saturated heterocycles. The zero-order valence-corrected chi connectivity index (χ0v) is 15.9. The van der Waals surface area contributed by atoms with Gasteiger partial charge in [0.1, 0.15) is 0 Å². The molecule has 0 spiro atoms. The topological polar surface area (TPSA) is 95.6 Å². The highest BCUT2D eigenvalue weighted by atomic mass is 79.9. The Labute approximate surface area is 154 Å². The van der Waals surface area contributed by atoms with Gasteiger partial charge in [-0.15, -0.1) is 0 Å². The Morgan fingerprint density at radius 2 is 1.24 bits per heavy atom. The average molecular weight is 426 g/mol. The van der Waals surface area contributed by atoms with Crippen LogP contribution in [0.1, 0.15) is 20.7 Å². The number of halogens is 1. The van der Waals surface area contributed by atoms with Gasteiger partial charge in [-0.1, -0.05) is 15.9 Å². The second kappa shape index (κ2) is 7.77. The van der Waals surface area contributed by atoms with Gasteiger partial charge in [-0.25, -0.2) is 12.7 Å². The summed E-state index contributed by atoms with van der Waals surface area (Å²) in [6.07, 6.45) is 0. The molecule has 2 rings (SSSR count). The summed E-state index contributed by atoms with van der Waals surface area (Å²) in [5.41, 5.74) is 5.18. The lowest BCUT2D eigenvalue weighted by Gasteiger charge is -2.12. The van der Waals surface area contributed by atoms with Crippen molar-refractivity contribution in [2.75, 3.05) is 14.1 Å². The van der Waals surface area contributed by atoms with Gasteiger partial charge in [0.2, 0.25) is 10.0 Å². The van der Waals surface area contributed by atoms with Crippen LogP contribution in [-0.2, 0) is 10.0 Å². The summed E-state index contributed by atoms with van der Waals surface area (Å²) in [4.78, 5) is 24.0. The normalized spacial score (nSPS) is 11.2. The zero-order valence-electron chi connectivity index (χ0n) is 13.5. The van der Waals surface area contributed by atoms with Crippen molar-refractivity contribution < 1.29 is 18.0 Å². The molecule has 0 saturated carbocycles. The summed E-state index contributed by atoms with van der Waals surface area (Å²) in [5.74, 6) is -1.02. The number of carbonyl (C=O) groups excluding carboxylic acids is 2. The fourth-order valence-electron chi connectivity index (χ4n) is 1.85. The highest BCUT2D eigenvalue weighted by Crippen LogP contribution is 2.14. The van der Waals surface area contributed by atoms with E-state index in [-0.39, 0.29) is 10.5 Å². The predicted octanol–water partition coefficient (Wildman–Crippen LogP) is 1.77. The standard InChI is InChI=1S/C16H16BrN3O4S/c1-20(2)25(23,24)14-9-5-12(6-10-14)16(22)19-18-15(21)11-3-7-13(17)8-4-11/h3-10H,1-2H3,(H,18,21)(H,19,22). The third-order valence-electron chi connectivity index (χ3n) is 3.29. The first kappa shape index (κ1) is 19.1. The van der Waals surface area contributed by atoms with Crippen molar-refractivity contribution in [1.82, 2.24) is 15.2 Å². The zero-order chi connectivity index (χ0) is 18.6. The number of carbonyl (C=O) groups is 2. The summed E-state index contributed by atoms with van der Waals surface area (Å²) < 4.78 is 25.9. The summed E-state index contributed by atoms with van der Waals surface area (Å²) in [5, 5.41) is 0. The SMILES string of the molecule is CN(C)S(=O)(=O)c1ccc(C(=O)NNC(=O)c2ccc(Br)cc2)cc1. The van der Waals surface area contributed by atoms with E-state index in [9.17, 15) is 18.0 Å². The van der Waals surface area contributed by atoms with E-state index in [1.54, 1.807) is 24.3 Å². The Kier molecular flexibility index (Phi) is 5.93. The van der Waals surface area contributed by atoms with Crippen LogP contribution in [0.2, 0.25) is 0 Å². The number of nitrogens with one attached hydrogen (secondary N) is 2. The van der Waals surface area contributed by atoms with Crippen LogP contribution < -0.4 is 10.9 Å². The number of rotatable bonds is 4. The number of hydrogen-bond acceptors (Lipinski definition) is 4. The highest BCUT2D eigenvalue weighted by Gasteiger charge is 2.17. The summed E-state index contributed by atoms with van der Waals surface area (Å²) in [7, 11) is -0.708. The molecule has 0 aliphatic rings. The van der Waals surface area contributed by atoms with Crippen molar-refractivity contribution >= 4 is 37.8 Å². The summed E-state index contributed by atoms with van der Waals surface area (Å²) in [6.45, 7) is 0. The molecule has 2 N–H and O–H groups in total. The van der Waals surface area contributed by atoms with Crippen LogP contribution in [0.4, 0.5) is 0 Å². The van der Waals surface area contributed by atoms with E-state index >= 15 is 0 Å². The molecule has 132 valence electrons. The van der Waals surface area contributed by atoms with Crippen LogP contribution in [0.5, 0.6) is 0 Å². The maximum absolute atomic E-state index is 12.0. The number of benzene rings is 2. The van der Waals surface area contributed by atoms with Gasteiger partial charge in [0.15, 0.2) is 0 Å². The minimum absolute atomic E-state index is 0.0768. The van der Waals surface area contributed by atoms with Gasteiger partial charge < -0.3 is 0 Å². The van der Waals surface area contributed by atoms with E-state index in [1.807, 2.05) is 0 Å². The highest BCUT2D eigenvalue weighted by molar-refractivity contribution is 9.10. The largest absolute Gasteiger partial charge is 0.269 e. The Hall–Kier alpha value is -2.23. The summed E-state index contributed by atoms with van der Waals surface area (Å²) >= 11 is 3.27. The molecular weight excluding hydrogens is 410 g/mol. The number of amides is 2. The number of sulfonamides is 1. The van der Waals surface area contributed by atoms with Crippen molar-refractivity contribution in [3.8, 4) is 0 Å². The smallest absolute Gasteiger partial charge is 0.267 e. The molecule has 0 aromatic heterocycles. The van der Waals surface area contributed by atoms with Crippen LogP contribution in [0, 0.1) is 0 Å². The lowest BCUT2D eigenvalue weighted by atomic mass is 10.2. The molecular formula is C16H16BrN3O4S. The van der Waals surface area contributed by atoms with Crippen LogP contribution in [0.3, 0.4) is 0 Å². The third-order valence-corrected chi connectivity index (χ3v) is 5.65. The Balaban J connectivity index is 2.01. The van der Waals surface area contributed by atoms with Gasteiger partial charge in [-0.3, -0.25) is 20.4 Å². The molecule has 9 heteroatoms. The van der Waals surface area contributed by atoms with Crippen molar-refractivity contribution in [3.05, 3.63) is 64.1 Å². The molecule has 0 aliphatic carbocycles. The minimum atomic E-state index is -3.56. The molecule has 2 aromatic carbocycles. The van der Waals surface area contributed by atoms with Crippen LogP contribution in [0.15, 0.2) is 57.9 Å². The number of nitrogens with zero attached hydrogens (tertiary/aromatic N) is 1. The molecule has 0 atom stereocenters. The molecule has 0 heterocycles. The maximum Gasteiger partial charge on any atom is 0.269 e. The van der Waals surface area contributed by atoms with Gasteiger partial charge in [0.05, 0.1) is 4.90 Å². The molecule has 2 amide bonds. The lowest BCUT2D eigenvalue weighted by molar-refractivity contribution is 0.0846. The number of hydrazine groups is 1. The fourth-order valence-corrected chi connectivity index (χ4v) is 3.01. The van der Waals surface area contributed by atoms with E-state index in [0.717, 1.165) is 8.78 Å². The molecule has 0 bridgehead atoms. The second-order valence-corrected chi connectivity index (χ2v) is 8.29. The van der Waals surface area contributed by atoms with Gasteiger partial charge in [-0.2, -0.15) is 0 Å². The van der Waals surface area contributed by atoms with E-state index in [4.69, 9.17) is 0 Å². The Morgan fingerprint density at radius 1 is 0.840 bits per heavy atom. The van der Waals surface area contributed by atoms with Crippen molar-refractivity contribution in [3.63, 3.8) is 0 Å². The molecule has 0 fully saturated rings. The monoisotopic (exact) mass is 425 g/mol. The molecule has 7 nitrogen and oxygen atoms in total. The van der Waals surface area contributed by atoms with Crippen molar-refractivity contribution in [2.45, 2.75) is 4.90 Å². The van der Waals surface area contributed by atoms with E-state index in [1.165, 1.54) is 38.4 Å². The Morgan fingerprint density at radius 3 is 1.64 bits per heavy atom. The van der Waals surface area contributed by atoms with E-state index in [0.29, 0.717) is 5.56 Å². The first-order valence-electron chi connectivity index (χ1n) is 7.10. The average Bonchev–Trinajstić information content (AvgIpc) is 2.60. The molecule has 0 radical (unpaired) electrons. The molecule has 0 unspecified atom stereocenters. The second-order valence-electron chi connectivity index (χ2n) is 5.23. The lowest BCUT2D eigenvalue weighted by Crippen LogP contribution is -2.41. The van der Waals surface area contributed by atoms with Gasteiger partial charge in [0, 0.05) is 29.7 Å². The number of hydrogen-bond donors (Lipinski definition) is 2. The fraction of sp³-hybridized carbons (Fsp3) is 0.125. The molecule has 25 heavy (non-hydrogen) atoms. The van der Waals surface area contributed by atoms with E-state index in [2.05, 4.69) is 26.8 Å². The maximum atomic E-state index is 12.0. The predicted molar refractivity (Wildman–Crippen MR) is 96.4 cm³/mol.